The van der Waals surface area contributed by atoms with Gasteiger partial charge < -0.3 is 30.1 Å². The molecule has 10 nitrogen and oxygen atoms in total. The number of nitrogens with zero attached hydrogens (tertiary/aromatic N) is 5. The number of hydrogen-bond donors (Lipinski definition) is 4. The van der Waals surface area contributed by atoms with E-state index in [0.717, 1.165) is 0 Å². The van der Waals surface area contributed by atoms with Gasteiger partial charge in [0.05, 0.1) is 19.5 Å². The fraction of sp³-hybridized carbons (Fsp3) is 0.643. The number of hydrogen-bond acceptors (Lipinski definition) is 9. The van der Waals surface area contributed by atoms with E-state index in [1.54, 1.807) is 0 Å². The summed E-state index contributed by atoms with van der Waals surface area (Å²) in [5.74, 6) is 0.571. The van der Waals surface area contributed by atoms with E-state index in [9.17, 15) is 20.4 Å². The van der Waals surface area contributed by atoms with E-state index in [0.29, 0.717) is 30.1 Å². The Balaban J connectivity index is 2.00. The van der Waals surface area contributed by atoms with Gasteiger partial charge >= 0.3 is 0 Å². The van der Waals surface area contributed by atoms with Crippen molar-refractivity contribution in [3.8, 4) is 0 Å². The van der Waals surface area contributed by atoms with Crippen LogP contribution >= 0.6 is 0 Å². The summed E-state index contributed by atoms with van der Waals surface area (Å²) in [4.78, 5) is 14.6. The summed E-state index contributed by atoms with van der Waals surface area (Å²) < 4.78 is 7.03. The Bertz CT molecular complexity index is 695. The zero-order valence-electron chi connectivity index (χ0n) is 13.2. The van der Waals surface area contributed by atoms with E-state index in [1.165, 1.54) is 17.2 Å². The molecule has 2 aromatic rings. The van der Waals surface area contributed by atoms with Gasteiger partial charge in [-0.2, -0.15) is 0 Å². The van der Waals surface area contributed by atoms with Gasteiger partial charge in [-0.05, 0) is 6.92 Å². The highest BCUT2D eigenvalue weighted by Gasteiger charge is 2.44. The first-order chi connectivity index (χ1) is 11.6. The van der Waals surface area contributed by atoms with E-state index in [-0.39, 0.29) is 6.61 Å². The van der Waals surface area contributed by atoms with Crippen LogP contribution in [0.25, 0.3) is 11.2 Å². The molecule has 0 aliphatic carbocycles. The van der Waals surface area contributed by atoms with Crippen molar-refractivity contribution in [3.05, 3.63) is 12.7 Å². The number of fused-ring (bicyclic) bond motifs is 1. The third-order valence-corrected chi connectivity index (χ3v) is 4.18. The SMILES string of the molecule is CCN(CCO)c1ncnc2c1ncn2[C@@H]1O[C@H](CO)[C@H](O)C1O. The number of anilines is 1. The molecule has 0 spiro atoms. The zero-order chi connectivity index (χ0) is 17.3. The molecule has 3 rings (SSSR count). The lowest BCUT2D eigenvalue weighted by Crippen LogP contribution is -2.33. The van der Waals surface area contributed by atoms with Crippen molar-refractivity contribution in [2.45, 2.75) is 31.5 Å². The van der Waals surface area contributed by atoms with Crippen LogP contribution in [0.2, 0.25) is 0 Å². The van der Waals surface area contributed by atoms with Gasteiger partial charge in [-0.15, -0.1) is 0 Å². The third kappa shape index (κ3) is 2.72. The Morgan fingerprint density at radius 3 is 2.62 bits per heavy atom. The summed E-state index contributed by atoms with van der Waals surface area (Å²) >= 11 is 0. The largest absolute Gasteiger partial charge is 0.395 e. The molecule has 1 aliphatic heterocycles. The molecule has 0 aromatic carbocycles. The minimum atomic E-state index is -1.21. The molecular formula is C14H21N5O5. The molecule has 1 aliphatic rings. The van der Waals surface area contributed by atoms with Crippen LogP contribution < -0.4 is 4.90 Å². The van der Waals surface area contributed by atoms with Crippen molar-refractivity contribution in [3.63, 3.8) is 0 Å². The lowest BCUT2D eigenvalue weighted by atomic mass is 10.1. The number of rotatable bonds is 6. The molecule has 132 valence electrons. The van der Waals surface area contributed by atoms with Crippen LogP contribution in [0.1, 0.15) is 13.2 Å². The predicted molar refractivity (Wildman–Crippen MR) is 83.3 cm³/mol. The fourth-order valence-corrected chi connectivity index (χ4v) is 2.90. The van der Waals surface area contributed by atoms with Gasteiger partial charge in [0.15, 0.2) is 23.2 Å². The second kappa shape index (κ2) is 6.95. The van der Waals surface area contributed by atoms with Crippen LogP contribution in [-0.4, -0.2) is 84.6 Å². The third-order valence-electron chi connectivity index (χ3n) is 4.18. The summed E-state index contributed by atoms with van der Waals surface area (Å²) in [7, 11) is 0. The number of ether oxygens (including phenoxy) is 1. The molecule has 1 fully saturated rings. The Kier molecular flexibility index (Phi) is 4.92. The summed E-state index contributed by atoms with van der Waals surface area (Å²) in [5.41, 5.74) is 0.941. The molecule has 1 unspecified atom stereocenters. The highest BCUT2D eigenvalue weighted by Crippen LogP contribution is 2.32. The van der Waals surface area contributed by atoms with E-state index >= 15 is 0 Å². The first kappa shape index (κ1) is 17.0. The van der Waals surface area contributed by atoms with Gasteiger partial charge in [0.2, 0.25) is 0 Å². The van der Waals surface area contributed by atoms with Crippen LogP contribution in [0, 0.1) is 0 Å². The van der Waals surface area contributed by atoms with Crippen LogP contribution in [0.3, 0.4) is 0 Å². The maximum atomic E-state index is 10.2. The molecule has 0 bridgehead atoms. The highest BCUT2D eigenvalue weighted by atomic mass is 16.6. The van der Waals surface area contributed by atoms with Gasteiger partial charge in [-0.3, -0.25) is 4.57 Å². The average molecular weight is 339 g/mol. The first-order valence-electron chi connectivity index (χ1n) is 7.78. The molecule has 0 radical (unpaired) electrons. The summed E-state index contributed by atoms with van der Waals surface area (Å²) in [6.45, 7) is 2.56. The minimum absolute atomic E-state index is 0.0190. The summed E-state index contributed by atoms with van der Waals surface area (Å²) in [6, 6.07) is 0. The summed E-state index contributed by atoms with van der Waals surface area (Å²) in [6.07, 6.45) is -1.35. The maximum Gasteiger partial charge on any atom is 0.167 e. The number of likely N-dealkylation sites (N-methyl/N-ethyl adjacent to an activating group) is 1. The summed E-state index contributed by atoms with van der Waals surface area (Å²) in [5, 5.41) is 38.5. The topological polar surface area (TPSA) is 137 Å². The zero-order valence-corrected chi connectivity index (χ0v) is 13.2. The molecule has 1 saturated heterocycles. The number of imidazole rings is 1. The lowest BCUT2D eigenvalue weighted by Gasteiger charge is -2.21. The molecule has 2 aromatic heterocycles. The smallest absolute Gasteiger partial charge is 0.167 e. The maximum absolute atomic E-state index is 10.2. The molecule has 4 N–H and O–H groups in total. The van der Waals surface area contributed by atoms with Gasteiger partial charge in [0.25, 0.3) is 0 Å². The molecule has 10 heteroatoms. The van der Waals surface area contributed by atoms with Crippen molar-refractivity contribution >= 4 is 17.0 Å². The minimum Gasteiger partial charge on any atom is -0.395 e. The van der Waals surface area contributed by atoms with Crippen LogP contribution in [0.15, 0.2) is 12.7 Å². The van der Waals surface area contributed by atoms with Gasteiger partial charge in [0.1, 0.15) is 24.6 Å². The van der Waals surface area contributed by atoms with Crippen LogP contribution in [0.4, 0.5) is 5.82 Å². The van der Waals surface area contributed by atoms with Crippen molar-refractivity contribution in [1.82, 2.24) is 19.5 Å². The van der Waals surface area contributed by atoms with E-state index < -0.39 is 31.1 Å². The Morgan fingerprint density at radius 2 is 2.00 bits per heavy atom. The Hall–Kier alpha value is -1.85. The second-order valence-corrected chi connectivity index (χ2v) is 5.55. The molecule has 0 saturated carbocycles. The first-order valence-corrected chi connectivity index (χ1v) is 7.78. The van der Waals surface area contributed by atoms with Crippen LogP contribution in [0.5, 0.6) is 0 Å². The second-order valence-electron chi connectivity index (χ2n) is 5.55. The molecule has 3 heterocycles. The van der Waals surface area contributed by atoms with Crippen molar-refractivity contribution < 1.29 is 25.2 Å². The molecule has 24 heavy (non-hydrogen) atoms. The number of aliphatic hydroxyl groups excluding tert-OH is 4. The van der Waals surface area contributed by atoms with Crippen molar-refractivity contribution in [2.24, 2.45) is 0 Å². The molecule has 4 atom stereocenters. The van der Waals surface area contributed by atoms with Crippen LogP contribution in [-0.2, 0) is 4.74 Å². The monoisotopic (exact) mass is 339 g/mol. The quantitative estimate of drug-likeness (QED) is 0.483. The van der Waals surface area contributed by atoms with Crippen molar-refractivity contribution in [1.29, 1.82) is 0 Å². The standard InChI is InChI=1S/C14H21N5O5/c1-2-18(3-4-20)12-9-13(16-6-15-12)19(7-17-9)14-11(23)10(22)8(5-21)24-14/h6-8,10-11,14,20-23H,2-5H2,1H3/t8-,10+,11?,14-/m1/s1. The number of aromatic nitrogens is 4. The van der Waals surface area contributed by atoms with E-state index in [2.05, 4.69) is 15.0 Å². The normalized spacial score (nSPS) is 27.0. The van der Waals surface area contributed by atoms with Gasteiger partial charge in [-0.1, -0.05) is 0 Å². The Labute approximate surface area is 138 Å². The highest BCUT2D eigenvalue weighted by molar-refractivity contribution is 5.83. The fourth-order valence-electron chi connectivity index (χ4n) is 2.90. The molecule has 0 amide bonds. The van der Waals surface area contributed by atoms with Crippen molar-refractivity contribution in [2.75, 3.05) is 31.2 Å². The predicted octanol–water partition coefficient (Wildman–Crippen LogP) is -1.74. The Morgan fingerprint density at radius 1 is 1.21 bits per heavy atom. The van der Waals surface area contributed by atoms with Gasteiger partial charge in [-0.25, -0.2) is 15.0 Å². The molecular weight excluding hydrogens is 318 g/mol. The van der Waals surface area contributed by atoms with E-state index in [1.807, 2.05) is 11.8 Å². The number of aliphatic hydroxyl groups is 4. The lowest BCUT2D eigenvalue weighted by molar-refractivity contribution is -0.0511. The average Bonchev–Trinajstić information content (AvgIpc) is 3.14. The van der Waals surface area contributed by atoms with Gasteiger partial charge in [0, 0.05) is 13.1 Å². The van der Waals surface area contributed by atoms with E-state index in [4.69, 9.17) is 4.74 Å².